The van der Waals surface area contributed by atoms with Gasteiger partial charge >= 0.3 is 0 Å². The number of hydrogen-bond acceptors (Lipinski definition) is 4. The molecule has 1 amide bonds. The Labute approximate surface area is 118 Å². The molecule has 0 aliphatic rings. The first-order valence-corrected chi connectivity index (χ1v) is 6.59. The van der Waals surface area contributed by atoms with Gasteiger partial charge in [0.05, 0.1) is 12.8 Å². The van der Waals surface area contributed by atoms with E-state index in [0.717, 1.165) is 12.1 Å². The minimum absolute atomic E-state index is 0.00180. The van der Waals surface area contributed by atoms with Crippen LogP contribution in [0.5, 0.6) is 5.75 Å². The van der Waals surface area contributed by atoms with Gasteiger partial charge in [-0.2, -0.15) is 0 Å². The van der Waals surface area contributed by atoms with Crippen molar-refractivity contribution >= 4 is 23.2 Å². The van der Waals surface area contributed by atoms with Gasteiger partial charge < -0.3 is 21.1 Å². The number of anilines is 1. The standard InChI is InChI=1S/C13H20ClN3O2/c1-19-12-4-3-10(14)9-11(12)16-8-5-13(18)17-7-2-6-15/h3-4,9,16H,2,5-8,15H2,1H3,(H,17,18). The minimum atomic E-state index is 0.00180. The van der Waals surface area contributed by atoms with E-state index in [4.69, 9.17) is 22.1 Å². The maximum absolute atomic E-state index is 11.5. The van der Waals surface area contributed by atoms with Crippen molar-refractivity contribution in [2.75, 3.05) is 32.1 Å². The van der Waals surface area contributed by atoms with Crippen LogP contribution in [-0.2, 0) is 4.79 Å². The molecule has 19 heavy (non-hydrogen) atoms. The second kappa shape index (κ2) is 8.61. The molecule has 6 heteroatoms. The summed E-state index contributed by atoms with van der Waals surface area (Å²) in [6.45, 7) is 1.72. The molecule has 0 bridgehead atoms. The lowest BCUT2D eigenvalue weighted by atomic mass is 10.2. The van der Waals surface area contributed by atoms with E-state index in [1.54, 1.807) is 25.3 Å². The molecule has 0 radical (unpaired) electrons. The molecule has 0 aliphatic carbocycles. The number of amides is 1. The quantitative estimate of drug-likeness (QED) is 0.634. The zero-order valence-electron chi connectivity index (χ0n) is 11.0. The molecule has 1 aromatic carbocycles. The van der Waals surface area contributed by atoms with Crippen LogP contribution in [0.15, 0.2) is 18.2 Å². The third-order valence-corrected chi connectivity index (χ3v) is 2.77. The van der Waals surface area contributed by atoms with Crippen LogP contribution >= 0.6 is 11.6 Å². The van der Waals surface area contributed by atoms with Gasteiger partial charge in [-0.05, 0) is 31.2 Å². The van der Waals surface area contributed by atoms with Crippen LogP contribution in [0.1, 0.15) is 12.8 Å². The average Bonchev–Trinajstić information content (AvgIpc) is 2.39. The van der Waals surface area contributed by atoms with Crippen LogP contribution in [0, 0.1) is 0 Å². The first-order chi connectivity index (χ1) is 9.17. The summed E-state index contributed by atoms with van der Waals surface area (Å²) in [4.78, 5) is 11.5. The van der Waals surface area contributed by atoms with Crippen molar-refractivity contribution in [3.05, 3.63) is 23.2 Å². The molecule has 0 heterocycles. The van der Waals surface area contributed by atoms with Crippen LogP contribution < -0.4 is 21.1 Å². The summed E-state index contributed by atoms with van der Waals surface area (Å²) in [5.74, 6) is 0.704. The fraction of sp³-hybridized carbons (Fsp3) is 0.462. The van der Waals surface area contributed by atoms with Gasteiger partial charge in [-0.25, -0.2) is 0 Å². The molecule has 0 atom stereocenters. The number of ether oxygens (including phenoxy) is 1. The Morgan fingerprint density at radius 2 is 2.21 bits per heavy atom. The highest BCUT2D eigenvalue weighted by Crippen LogP contribution is 2.27. The summed E-state index contributed by atoms with van der Waals surface area (Å²) in [5.41, 5.74) is 6.13. The van der Waals surface area contributed by atoms with Crippen molar-refractivity contribution in [3.63, 3.8) is 0 Å². The Morgan fingerprint density at radius 3 is 2.89 bits per heavy atom. The fourth-order valence-corrected chi connectivity index (χ4v) is 1.72. The maximum atomic E-state index is 11.5. The summed E-state index contributed by atoms with van der Waals surface area (Å²) in [6, 6.07) is 5.31. The predicted molar refractivity (Wildman–Crippen MR) is 77.8 cm³/mol. The Kier molecular flexibility index (Phi) is 7.07. The molecular formula is C13H20ClN3O2. The van der Waals surface area contributed by atoms with Gasteiger partial charge in [0.2, 0.25) is 5.91 Å². The van der Waals surface area contributed by atoms with E-state index in [9.17, 15) is 4.79 Å². The molecule has 0 unspecified atom stereocenters. The summed E-state index contributed by atoms with van der Waals surface area (Å²) in [5, 5.41) is 6.55. The van der Waals surface area contributed by atoms with E-state index in [1.807, 2.05) is 0 Å². The van der Waals surface area contributed by atoms with E-state index in [0.29, 0.717) is 36.8 Å². The van der Waals surface area contributed by atoms with Crippen molar-refractivity contribution in [1.29, 1.82) is 0 Å². The Hall–Kier alpha value is -1.46. The van der Waals surface area contributed by atoms with E-state index >= 15 is 0 Å². The first-order valence-electron chi connectivity index (χ1n) is 6.21. The lowest BCUT2D eigenvalue weighted by molar-refractivity contribution is -0.120. The summed E-state index contributed by atoms with van der Waals surface area (Å²) >= 11 is 5.91. The van der Waals surface area contributed by atoms with Gasteiger partial charge in [-0.15, -0.1) is 0 Å². The van der Waals surface area contributed by atoms with Crippen molar-refractivity contribution in [2.24, 2.45) is 5.73 Å². The van der Waals surface area contributed by atoms with Crippen LogP contribution in [0.2, 0.25) is 5.02 Å². The van der Waals surface area contributed by atoms with E-state index in [1.165, 1.54) is 0 Å². The lowest BCUT2D eigenvalue weighted by Gasteiger charge is -2.11. The molecular weight excluding hydrogens is 266 g/mol. The average molecular weight is 286 g/mol. The van der Waals surface area contributed by atoms with Gasteiger partial charge in [0.15, 0.2) is 0 Å². The molecule has 0 saturated heterocycles. The highest BCUT2D eigenvalue weighted by molar-refractivity contribution is 6.30. The molecule has 106 valence electrons. The number of nitrogens with one attached hydrogen (secondary N) is 2. The number of halogens is 1. The third kappa shape index (κ3) is 5.81. The maximum Gasteiger partial charge on any atom is 0.221 e. The lowest BCUT2D eigenvalue weighted by Crippen LogP contribution is -2.27. The number of carbonyl (C=O) groups is 1. The summed E-state index contributed by atoms with van der Waals surface area (Å²) in [7, 11) is 1.59. The second-order valence-electron chi connectivity index (χ2n) is 4.01. The third-order valence-electron chi connectivity index (χ3n) is 2.53. The minimum Gasteiger partial charge on any atom is -0.495 e. The monoisotopic (exact) mass is 285 g/mol. The Morgan fingerprint density at radius 1 is 1.42 bits per heavy atom. The molecule has 0 saturated carbocycles. The van der Waals surface area contributed by atoms with Gasteiger partial charge in [0, 0.05) is 24.5 Å². The van der Waals surface area contributed by atoms with Gasteiger partial charge in [0.25, 0.3) is 0 Å². The second-order valence-corrected chi connectivity index (χ2v) is 4.45. The fourth-order valence-electron chi connectivity index (χ4n) is 1.55. The van der Waals surface area contributed by atoms with Gasteiger partial charge in [-0.3, -0.25) is 4.79 Å². The zero-order chi connectivity index (χ0) is 14.1. The molecule has 1 rings (SSSR count). The molecule has 0 aliphatic heterocycles. The topological polar surface area (TPSA) is 76.4 Å². The van der Waals surface area contributed by atoms with Crippen molar-refractivity contribution in [2.45, 2.75) is 12.8 Å². The Balaban J connectivity index is 2.36. The molecule has 4 N–H and O–H groups in total. The largest absolute Gasteiger partial charge is 0.495 e. The number of methoxy groups -OCH3 is 1. The van der Waals surface area contributed by atoms with E-state index in [-0.39, 0.29) is 5.91 Å². The van der Waals surface area contributed by atoms with Crippen LogP contribution in [0.3, 0.4) is 0 Å². The van der Waals surface area contributed by atoms with Crippen molar-refractivity contribution < 1.29 is 9.53 Å². The van der Waals surface area contributed by atoms with Crippen molar-refractivity contribution in [1.82, 2.24) is 5.32 Å². The molecule has 0 spiro atoms. The highest BCUT2D eigenvalue weighted by atomic mass is 35.5. The van der Waals surface area contributed by atoms with Gasteiger partial charge in [-0.1, -0.05) is 11.6 Å². The summed E-state index contributed by atoms with van der Waals surface area (Å²) < 4.78 is 5.20. The number of carbonyl (C=O) groups excluding carboxylic acids is 1. The highest BCUT2D eigenvalue weighted by Gasteiger charge is 2.05. The smallest absolute Gasteiger partial charge is 0.221 e. The zero-order valence-corrected chi connectivity index (χ0v) is 11.8. The van der Waals surface area contributed by atoms with E-state index in [2.05, 4.69) is 10.6 Å². The normalized spacial score (nSPS) is 10.1. The van der Waals surface area contributed by atoms with Crippen LogP contribution in [0.4, 0.5) is 5.69 Å². The molecule has 0 fully saturated rings. The Bertz CT molecular complexity index is 413. The predicted octanol–water partition coefficient (Wildman–Crippen LogP) is 1.62. The first kappa shape index (κ1) is 15.6. The number of benzene rings is 1. The van der Waals surface area contributed by atoms with Crippen LogP contribution in [0.25, 0.3) is 0 Å². The van der Waals surface area contributed by atoms with E-state index < -0.39 is 0 Å². The summed E-state index contributed by atoms with van der Waals surface area (Å²) in [6.07, 6.45) is 1.18. The van der Waals surface area contributed by atoms with Crippen LogP contribution in [-0.4, -0.2) is 32.7 Å². The SMILES string of the molecule is COc1ccc(Cl)cc1NCCC(=O)NCCCN. The number of nitrogens with two attached hydrogens (primary N) is 1. The van der Waals surface area contributed by atoms with Gasteiger partial charge in [0.1, 0.15) is 5.75 Å². The molecule has 1 aromatic rings. The number of hydrogen-bond donors (Lipinski definition) is 3. The molecule has 5 nitrogen and oxygen atoms in total. The van der Waals surface area contributed by atoms with Crippen molar-refractivity contribution in [3.8, 4) is 5.75 Å². The molecule has 0 aromatic heterocycles. The number of rotatable bonds is 8.